The summed E-state index contributed by atoms with van der Waals surface area (Å²) in [6, 6.07) is 10.0. The van der Waals surface area contributed by atoms with Crippen LogP contribution < -0.4 is 4.74 Å². The van der Waals surface area contributed by atoms with Crippen molar-refractivity contribution in [1.82, 2.24) is 9.88 Å². The highest BCUT2D eigenvalue weighted by atomic mass is 32.1. The molecule has 0 atom stereocenters. The Balaban J connectivity index is 1.61. The highest BCUT2D eigenvalue weighted by molar-refractivity contribution is 7.13. The third-order valence-electron chi connectivity index (χ3n) is 3.94. The smallest absolute Gasteiger partial charge is 0.387 e. The Morgan fingerprint density at radius 1 is 1.30 bits per heavy atom. The van der Waals surface area contributed by atoms with Crippen molar-refractivity contribution >= 4 is 17.2 Å². The molecule has 27 heavy (non-hydrogen) atoms. The lowest BCUT2D eigenvalue weighted by molar-refractivity contribution is -0.129. The number of alkyl halides is 2. The summed E-state index contributed by atoms with van der Waals surface area (Å²) >= 11 is 1.52. The van der Waals surface area contributed by atoms with Crippen LogP contribution in [0.15, 0.2) is 46.2 Å². The first kappa shape index (κ1) is 19.0. The Kier molecular flexibility index (Phi) is 5.85. The van der Waals surface area contributed by atoms with Gasteiger partial charge in [0.1, 0.15) is 11.5 Å². The van der Waals surface area contributed by atoms with Gasteiger partial charge in [-0.3, -0.25) is 4.79 Å². The van der Waals surface area contributed by atoms with Gasteiger partial charge in [-0.1, -0.05) is 18.2 Å². The van der Waals surface area contributed by atoms with Crippen LogP contribution in [0.4, 0.5) is 8.78 Å². The number of hydrogen-bond donors (Lipinski definition) is 0. The largest absolute Gasteiger partial charge is 0.440 e. The molecule has 0 bridgehead atoms. The maximum Gasteiger partial charge on any atom is 0.387 e. The van der Waals surface area contributed by atoms with Crippen molar-refractivity contribution in [2.75, 3.05) is 7.05 Å². The monoisotopic (exact) mass is 392 g/mol. The third kappa shape index (κ3) is 4.91. The van der Waals surface area contributed by atoms with E-state index in [-0.39, 0.29) is 18.1 Å². The van der Waals surface area contributed by atoms with Gasteiger partial charge in [0.25, 0.3) is 0 Å². The number of carbonyl (C=O) groups is 1. The number of amides is 1. The van der Waals surface area contributed by atoms with Crippen molar-refractivity contribution in [2.24, 2.45) is 0 Å². The zero-order valence-electron chi connectivity index (χ0n) is 14.8. The molecule has 5 nitrogen and oxygen atoms in total. The number of aryl methyl sites for hydroxylation is 1. The minimum atomic E-state index is -2.86. The van der Waals surface area contributed by atoms with Gasteiger partial charge >= 0.3 is 6.61 Å². The van der Waals surface area contributed by atoms with E-state index < -0.39 is 6.61 Å². The van der Waals surface area contributed by atoms with Gasteiger partial charge in [0.05, 0.1) is 17.0 Å². The average molecular weight is 392 g/mol. The van der Waals surface area contributed by atoms with E-state index in [2.05, 4.69) is 9.72 Å². The molecule has 3 aromatic rings. The van der Waals surface area contributed by atoms with Crippen molar-refractivity contribution in [2.45, 2.75) is 26.5 Å². The Hall–Kier alpha value is -2.74. The number of rotatable bonds is 7. The third-order valence-corrected chi connectivity index (χ3v) is 4.80. The fourth-order valence-corrected chi connectivity index (χ4v) is 3.16. The Labute approximate surface area is 159 Å². The lowest BCUT2D eigenvalue weighted by Gasteiger charge is -2.17. The zero-order chi connectivity index (χ0) is 19.4. The molecule has 2 heterocycles. The average Bonchev–Trinajstić information content (AvgIpc) is 3.26. The van der Waals surface area contributed by atoms with Gasteiger partial charge in [0.15, 0.2) is 0 Å². The molecule has 0 saturated carbocycles. The summed E-state index contributed by atoms with van der Waals surface area (Å²) in [5, 5.41) is 1.94. The first-order valence-electron chi connectivity index (χ1n) is 8.20. The molecule has 0 radical (unpaired) electrons. The molecule has 0 spiro atoms. The summed E-state index contributed by atoms with van der Waals surface area (Å²) in [6.45, 7) is -0.721. The van der Waals surface area contributed by atoms with Crippen LogP contribution in [0.3, 0.4) is 0 Å². The lowest BCUT2D eigenvalue weighted by atomic mass is 10.2. The molecule has 0 N–H and O–H groups in total. The van der Waals surface area contributed by atoms with Crippen molar-refractivity contribution in [1.29, 1.82) is 0 Å². The van der Waals surface area contributed by atoms with Crippen LogP contribution in [-0.4, -0.2) is 29.5 Å². The number of likely N-dealkylation sites (N-methyl/N-ethyl adjacent to an activating group) is 1. The number of carbonyl (C=O) groups excluding carboxylic acids is 1. The number of benzene rings is 1. The summed E-state index contributed by atoms with van der Waals surface area (Å²) < 4.78 is 34.3. The lowest BCUT2D eigenvalue weighted by Crippen LogP contribution is -2.28. The van der Waals surface area contributed by atoms with Gasteiger partial charge in [-0.05, 0) is 36.1 Å². The van der Waals surface area contributed by atoms with E-state index in [1.165, 1.54) is 23.5 Å². The van der Waals surface area contributed by atoms with Gasteiger partial charge in [-0.2, -0.15) is 8.78 Å². The summed E-state index contributed by atoms with van der Waals surface area (Å²) in [6.07, 6.45) is 0.129. The van der Waals surface area contributed by atoms with E-state index in [1.807, 2.05) is 17.5 Å². The maximum atomic E-state index is 12.5. The number of hydrogen-bond acceptors (Lipinski definition) is 5. The van der Waals surface area contributed by atoms with E-state index in [9.17, 15) is 13.6 Å². The topological polar surface area (TPSA) is 55.6 Å². The molecule has 0 saturated heterocycles. The second-order valence-corrected chi connectivity index (χ2v) is 6.90. The highest BCUT2D eigenvalue weighted by Gasteiger charge is 2.18. The standard InChI is InChI=1S/C19H18F2N2O3S/c1-12-15(22-18(25-12)16-4-3-9-27-16)10-17(24)23(2)11-13-5-7-14(8-6-13)26-19(20)21/h3-9,19H,10-11H2,1-2H3. The highest BCUT2D eigenvalue weighted by Crippen LogP contribution is 2.26. The molecule has 0 aliphatic rings. The molecule has 0 aliphatic heterocycles. The van der Waals surface area contributed by atoms with Gasteiger partial charge < -0.3 is 14.1 Å². The molecule has 1 aromatic carbocycles. The van der Waals surface area contributed by atoms with Crippen molar-refractivity contribution < 1.29 is 22.7 Å². The van der Waals surface area contributed by atoms with Gasteiger partial charge in [-0.25, -0.2) is 4.98 Å². The van der Waals surface area contributed by atoms with E-state index in [1.54, 1.807) is 31.0 Å². The molecule has 0 aliphatic carbocycles. The normalized spacial score (nSPS) is 11.0. The molecule has 0 unspecified atom stereocenters. The molecular weight excluding hydrogens is 374 g/mol. The molecule has 1 amide bonds. The summed E-state index contributed by atoms with van der Waals surface area (Å²) in [5.41, 5.74) is 1.42. The number of ether oxygens (including phenoxy) is 1. The predicted molar refractivity (Wildman–Crippen MR) is 97.8 cm³/mol. The Morgan fingerprint density at radius 3 is 2.67 bits per heavy atom. The van der Waals surface area contributed by atoms with Gasteiger partial charge in [0.2, 0.25) is 11.8 Å². The Bertz CT molecular complexity index is 892. The van der Waals surface area contributed by atoms with Gasteiger partial charge in [-0.15, -0.1) is 11.3 Å². The van der Waals surface area contributed by atoms with Crippen molar-refractivity contribution in [3.8, 4) is 16.5 Å². The Morgan fingerprint density at radius 2 is 2.04 bits per heavy atom. The van der Waals surface area contributed by atoms with Crippen LogP contribution >= 0.6 is 11.3 Å². The molecule has 142 valence electrons. The summed E-state index contributed by atoms with van der Waals surface area (Å²) in [4.78, 5) is 19.4. The van der Waals surface area contributed by atoms with Crippen LogP contribution in [0.25, 0.3) is 10.8 Å². The number of oxazole rings is 1. The number of aromatic nitrogens is 1. The van der Waals surface area contributed by atoms with E-state index >= 15 is 0 Å². The van der Waals surface area contributed by atoms with Crippen LogP contribution in [0.1, 0.15) is 17.0 Å². The molecular formula is C19H18F2N2O3S. The van der Waals surface area contributed by atoms with Crippen LogP contribution in [0.5, 0.6) is 5.75 Å². The van der Waals surface area contributed by atoms with Crippen molar-refractivity contribution in [3.05, 3.63) is 58.8 Å². The fraction of sp³-hybridized carbons (Fsp3) is 0.263. The van der Waals surface area contributed by atoms with Gasteiger partial charge in [0, 0.05) is 13.6 Å². The first-order valence-corrected chi connectivity index (χ1v) is 9.08. The minimum absolute atomic E-state index is 0.0852. The van der Waals surface area contributed by atoms with E-state index in [0.717, 1.165) is 10.4 Å². The number of nitrogens with zero attached hydrogens (tertiary/aromatic N) is 2. The van der Waals surface area contributed by atoms with E-state index in [4.69, 9.17) is 4.42 Å². The summed E-state index contributed by atoms with van der Waals surface area (Å²) in [7, 11) is 1.68. The number of thiophene rings is 1. The fourth-order valence-electron chi connectivity index (χ4n) is 2.51. The van der Waals surface area contributed by atoms with E-state index in [0.29, 0.717) is 23.9 Å². The second-order valence-electron chi connectivity index (χ2n) is 5.95. The first-order chi connectivity index (χ1) is 12.9. The second kappa shape index (κ2) is 8.30. The number of halogens is 2. The zero-order valence-corrected chi connectivity index (χ0v) is 15.6. The quantitative estimate of drug-likeness (QED) is 0.593. The minimum Gasteiger partial charge on any atom is -0.440 e. The SMILES string of the molecule is Cc1oc(-c2cccs2)nc1CC(=O)N(C)Cc1ccc(OC(F)F)cc1. The molecule has 0 fully saturated rings. The van der Waals surface area contributed by atoms with Crippen LogP contribution in [0, 0.1) is 6.92 Å². The van der Waals surface area contributed by atoms with Crippen molar-refractivity contribution in [3.63, 3.8) is 0 Å². The van der Waals surface area contributed by atoms with Crippen LogP contribution in [-0.2, 0) is 17.8 Å². The maximum absolute atomic E-state index is 12.5. The van der Waals surface area contributed by atoms with Crippen LogP contribution in [0.2, 0.25) is 0 Å². The molecule has 8 heteroatoms. The predicted octanol–water partition coefficient (Wildman–Crippen LogP) is 4.51. The summed E-state index contributed by atoms with van der Waals surface area (Å²) in [5.74, 6) is 1.11. The molecule has 3 rings (SSSR count). The molecule has 2 aromatic heterocycles.